The number of likely N-dealkylation sites (N-methyl/N-ethyl adjacent to an activating group) is 1. The summed E-state index contributed by atoms with van der Waals surface area (Å²) in [7, 11) is 1.63. The highest BCUT2D eigenvalue weighted by Gasteiger charge is 2.14. The summed E-state index contributed by atoms with van der Waals surface area (Å²) in [4.78, 5) is 18.4. The molecule has 1 heterocycles. The number of carbonyl (C=O) groups is 1. The van der Waals surface area contributed by atoms with E-state index in [2.05, 4.69) is 4.98 Å². The topological polar surface area (TPSA) is 42.4 Å². The van der Waals surface area contributed by atoms with Crippen LogP contribution in [0.2, 0.25) is 0 Å². The number of rotatable bonds is 7. The molecule has 0 fully saturated rings. The number of pyridine rings is 1. The second kappa shape index (κ2) is 8.17. The molecule has 1 amide bonds. The lowest BCUT2D eigenvalue weighted by molar-refractivity contribution is -0.130. The molecule has 4 nitrogen and oxygen atoms in total. The molecule has 0 aliphatic carbocycles. The maximum Gasteiger partial charge on any atom is 0.227 e. The predicted molar refractivity (Wildman–Crippen MR) is 86.9 cm³/mol. The van der Waals surface area contributed by atoms with E-state index in [0.717, 1.165) is 17.7 Å². The summed E-state index contributed by atoms with van der Waals surface area (Å²) in [5.74, 6) is 0.891. The van der Waals surface area contributed by atoms with Gasteiger partial charge in [0.05, 0.1) is 13.5 Å². The summed E-state index contributed by atoms with van der Waals surface area (Å²) in [5, 5.41) is 0. The Morgan fingerprint density at radius 1 is 1.18 bits per heavy atom. The van der Waals surface area contributed by atoms with Crippen molar-refractivity contribution in [1.29, 1.82) is 0 Å². The van der Waals surface area contributed by atoms with E-state index >= 15 is 0 Å². The van der Waals surface area contributed by atoms with Gasteiger partial charge >= 0.3 is 0 Å². The Bertz CT molecular complexity index is 599. The van der Waals surface area contributed by atoms with E-state index in [1.165, 1.54) is 5.56 Å². The number of hydrogen-bond donors (Lipinski definition) is 0. The molecule has 0 aliphatic heterocycles. The van der Waals surface area contributed by atoms with Crippen molar-refractivity contribution in [2.75, 3.05) is 20.2 Å². The second-order valence-corrected chi connectivity index (χ2v) is 5.07. The van der Waals surface area contributed by atoms with Crippen LogP contribution in [-0.4, -0.2) is 36.0 Å². The van der Waals surface area contributed by atoms with Gasteiger partial charge in [0.15, 0.2) is 0 Å². The minimum atomic E-state index is 0.126. The molecular formula is C18H22N2O2. The van der Waals surface area contributed by atoms with Gasteiger partial charge < -0.3 is 9.64 Å². The van der Waals surface area contributed by atoms with Crippen LogP contribution in [0.25, 0.3) is 0 Å². The highest BCUT2D eigenvalue weighted by atomic mass is 16.5. The standard InChI is InChI=1S/C18H22N2O2/c1-3-20(13-10-15-8-11-19-12-9-15)18(21)14-16-6-4-5-7-17(16)22-2/h4-9,11-12H,3,10,13-14H2,1-2H3. The van der Waals surface area contributed by atoms with Crippen LogP contribution in [0, 0.1) is 0 Å². The molecule has 4 heteroatoms. The zero-order valence-electron chi connectivity index (χ0n) is 13.2. The van der Waals surface area contributed by atoms with Gasteiger partial charge in [-0.05, 0) is 37.1 Å². The summed E-state index contributed by atoms with van der Waals surface area (Å²) in [6, 6.07) is 11.6. The SMILES string of the molecule is CCN(CCc1ccncc1)C(=O)Cc1ccccc1OC. The van der Waals surface area contributed by atoms with Crippen LogP contribution < -0.4 is 4.74 Å². The van der Waals surface area contributed by atoms with Gasteiger partial charge in [-0.15, -0.1) is 0 Å². The smallest absolute Gasteiger partial charge is 0.227 e. The zero-order valence-corrected chi connectivity index (χ0v) is 13.2. The van der Waals surface area contributed by atoms with E-state index in [9.17, 15) is 4.79 Å². The van der Waals surface area contributed by atoms with E-state index < -0.39 is 0 Å². The highest BCUT2D eigenvalue weighted by Crippen LogP contribution is 2.18. The normalized spacial score (nSPS) is 10.3. The third kappa shape index (κ3) is 4.32. The molecule has 2 aromatic rings. The lowest BCUT2D eigenvalue weighted by Gasteiger charge is -2.21. The van der Waals surface area contributed by atoms with E-state index in [-0.39, 0.29) is 5.91 Å². The van der Waals surface area contributed by atoms with E-state index in [1.54, 1.807) is 19.5 Å². The fourth-order valence-corrected chi connectivity index (χ4v) is 2.40. The van der Waals surface area contributed by atoms with Crippen molar-refractivity contribution in [3.05, 3.63) is 59.9 Å². The average molecular weight is 298 g/mol. The maximum atomic E-state index is 12.5. The lowest BCUT2D eigenvalue weighted by Crippen LogP contribution is -2.34. The monoisotopic (exact) mass is 298 g/mol. The van der Waals surface area contributed by atoms with Gasteiger partial charge in [0.2, 0.25) is 5.91 Å². The number of nitrogens with zero attached hydrogens (tertiary/aromatic N) is 2. The van der Waals surface area contributed by atoms with Crippen LogP contribution in [-0.2, 0) is 17.6 Å². The molecule has 0 radical (unpaired) electrons. The highest BCUT2D eigenvalue weighted by molar-refractivity contribution is 5.79. The van der Waals surface area contributed by atoms with Crippen molar-refractivity contribution < 1.29 is 9.53 Å². The fraction of sp³-hybridized carbons (Fsp3) is 0.333. The van der Waals surface area contributed by atoms with Crippen molar-refractivity contribution in [3.8, 4) is 5.75 Å². The Labute approximate surface area is 131 Å². The number of aromatic nitrogens is 1. The molecule has 116 valence electrons. The summed E-state index contributed by atoms with van der Waals surface area (Å²) in [6.07, 6.45) is 4.77. The molecule has 0 atom stereocenters. The molecule has 22 heavy (non-hydrogen) atoms. The van der Waals surface area contributed by atoms with Crippen molar-refractivity contribution in [2.45, 2.75) is 19.8 Å². The predicted octanol–water partition coefficient (Wildman–Crippen LogP) is 2.72. The number of amides is 1. The second-order valence-electron chi connectivity index (χ2n) is 5.07. The number of methoxy groups -OCH3 is 1. The molecule has 2 rings (SSSR count). The Kier molecular flexibility index (Phi) is 5.95. The first kappa shape index (κ1) is 16.0. The van der Waals surface area contributed by atoms with Crippen LogP contribution in [0.3, 0.4) is 0 Å². The Morgan fingerprint density at radius 3 is 2.59 bits per heavy atom. The van der Waals surface area contributed by atoms with Crippen LogP contribution in [0.15, 0.2) is 48.8 Å². The van der Waals surface area contributed by atoms with Gasteiger partial charge in [-0.2, -0.15) is 0 Å². The first-order chi connectivity index (χ1) is 10.7. The first-order valence-electron chi connectivity index (χ1n) is 7.53. The van der Waals surface area contributed by atoms with E-state index in [0.29, 0.717) is 19.5 Å². The maximum absolute atomic E-state index is 12.5. The lowest BCUT2D eigenvalue weighted by atomic mass is 10.1. The molecule has 0 N–H and O–H groups in total. The van der Waals surface area contributed by atoms with Gasteiger partial charge in [-0.25, -0.2) is 0 Å². The van der Waals surface area contributed by atoms with Gasteiger partial charge in [-0.1, -0.05) is 18.2 Å². The fourth-order valence-electron chi connectivity index (χ4n) is 2.40. The largest absolute Gasteiger partial charge is 0.496 e. The molecule has 0 saturated carbocycles. The van der Waals surface area contributed by atoms with Crippen molar-refractivity contribution in [1.82, 2.24) is 9.88 Å². The van der Waals surface area contributed by atoms with Crippen molar-refractivity contribution in [3.63, 3.8) is 0 Å². The Morgan fingerprint density at radius 2 is 1.91 bits per heavy atom. The summed E-state index contributed by atoms with van der Waals surface area (Å²) < 4.78 is 5.31. The third-order valence-corrected chi connectivity index (χ3v) is 3.69. The summed E-state index contributed by atoms with van der Waals surface area (Å²) in [6.45, 7) is 3.43. The van der Waals surface area contributed by atoms with Crippen LogP contribution in [0.1, 0.15) is 18.1 Å². The average Bonchev–Trinajstić information content (AvgIpc) is 2.57. The third-order valence-electron chi connectivity index (χ3n) is 3.69. The quantitative estimate of drug-likeness (QED) is 0.789. The number of benzene rings is 1. The molecule has 1 aromatic heterocycles. The molecule has 0 unspecified atom stereocenters. The minimum absolute atomic E-state index is 0.126. The Hall–Kier alpha value is -2.36. The molecule has 0 bridgehead atoms. The van der Waals surface area contributed by atoms with Crippen LogP contribution in [0.5, 0.6) is 5.75 Å². The summed E-state index contributed by atoms with van der Waals surface area (Å²) in [5.41, 5.74) is 2.12. The van der Waals surface area contributed by atoms with Gasteiger partial charge in [-0.3, -0.25) is 9.78 Å². The minimum Gasteiger partial charge on any atom is -0.496 e. The van der Waals surface area contributed by atoms with Gasteiger partial charge in [0.25, 0.3) is 0 Å². The Balaban J connectivity index is 1.97. The van der Waals surface area contributed by atoms with E-state index in [4.69, 9.17) is 4.74 Å². The van der Waals surface area contributed by atoms with Crippen molar-refractivity contribution in [2.24, 2.45) is 0 Å². The molecule has 0 aliphatic rings. The first-order valence-corrected chi connectivity index (χ1v) is 7.53. The number of para-hydroxylation sites is 1. The zero-order chi connectivity index (χ0) is 15.8. The molecular weight excluding hydrogens is 276 g/mol. The van der Waals surface area contributed by atoms with Crippen molar-refractivity contribution >= 4 is 5.91 Å². The van der Waals surface area contributed by atoms with Crippen LogP contribution in [0.4, 0.5) is 0 Å². The molecule has 0 spiro atoms. The van der Waals surface area contributed by atoms with E-state index in [1.807, 2.05) is 48.2 Å². The number of hydrogen-bond acceptors (Lipinski definition) is 3. The molecule has 1 aromatic carbocycles. The van der Waals surface area contributed by atoms with Gasteiger partial charge in [0.1, 0.15) is 5.75 Å². The number of carbonyl (C=O) groups excluding carboxylic acids is 1. The van der Waals surface area contributed by atoms with Crippen LogP contribution >= 0.6 is 0 Å². The summed E-state index contributed by atoms with van der Waals surface area (Å²) >= 11 is 0. The molecule has 0 saturated heterocycles. The number of ether oxygens (including phenoxy) is 1. The van der Waals surface area contributed by atoms with Gasteiger partial charge in [0, 0.05) is 31.0 Å².